The van der Waals surface area contributed by atoms with Crippen LogP contribution in [0, 0.1) is 11.3 Å². The van der Waals surface area contributed by atoms with Crippen LogP contribution in [-0.2, 0) is 0 Å². The van der Waals surface area contributed by atoms with E-state index >= 15 is 0 Å². The minimum Gasteiger partial charge on any atom is -0.490 e. The Morgan fingerprint density at radius 1 is 0.913 bits per heavy atom. The number of benzene rings is 2. The van der Waals surface area contributed by atoms with Gasteiger partial charge in [-0.2, -0.15) is 5.26 Å². The lowest BCUT2D eigenvalue weighted by Crippen LogP contribution is -1.92. The number of nitriles is 1. The first kappa shape index (κ1) is 16.6. The lowest BCUT2D eigenvalue weighted by Gasteiger charge is -2.05. The van der Waals surface area contributed by atoms with Crippen molar-refractivity contribution in [2.24, 2.45) is 0 Å². The number of ether oxygens (including phenoxy) is 1. The lowest BCUT2D eigenvalue weighted by atomic mass is 10.0. The van der Waals surface area contributed by atoms with Crippen LogP contribution in [0.3, 0.4) is 0 Å². The van der Waals surface area contributed by atoms with Crippen LogP contribution in [0.1, 0.15) is 25.3 Å². The van der Waals surface area contributed by atoms with E-state index in [1.165, 1.54) is 6.42 Å². The summed E-state index contributed by atoms with van der Waals surface area (Å²) in [5.74, 6) is 0.851. The minimum atomic E-state index is 0.562. The van der Waals surface area contributed by atoms with Crippen LogP contribution in [0.2, 0.25) is 0 Å². The highest BCUT2D eigenvalue weighted by Crippen LogP contribution is 2.22. The molecule has 0 N–H and O–H groups in total. The highest BCUT2D eigenvalue weighted by atomic mass is 16.5. The van der Waals surface area contributed by atoms with E-state index in [9.17, 15) is 0 Å². The first-order valence-electron chi connectivity index (χ1n) is 7.88. The van der Waals surface area contributed by atoms with Gasteiger partial charge in [-0.05, 0) is 47.9 Å². The topological polar surface area (TPSA) is 33.0 Å². The fraction of sp³-hybridized carbons (Fsp3) is 0.190. The van der Waals surface area contributed by atoms with Crippen LogP contribution in [0.25, 0.3) is 11.1 Å². The molecule has 0 unspecified atom stereocenters. The van der Waals surface area contributed by atoms with Crippen LogP contribution in [-0.4, -0.2) is 6.61 Å². The molecule has 0 bridgehead atoms. The van der Waals surface area contributed by atoms with Crippen LogP contribution in [0.5, 0.6) is 5.75 Å². The molecule has 0 heterocycles. The molecule has 0 fully saturated rings. The Hall–Kier alpha value is -2.79. The lowest BCUT2D eigenvalue weighted by molar-refractivity contribution is 0.363. The molecule has 2 nitrogen and oxygen atoms in total. The van der Waals surface area contributed by atoms with Gasteiger partial charge in [0.05, 0.1) is 11.6 Å². The normalized spacial score (nSPS) is 11.0. The molecule has 0 aromatic heterocycles. The standard InChI is InChI=1S/C21H21NO/c1-2-3-4-5-6-7-16-23-21-14-12-20(13-15-21)19-10-8-18(17-22)9-11-19/h4-15H,2-3,16H2,1H3/b5-4+,7-6+. The molecule has 0 amide bonds. The Kier molecular flexibility index (Phi) is 6.68. The van der Waals surface area contributed by atoms with E-state index in [-0.39, 0.29) is 0 Å². The second-order valence-electron chi connectivity index (χ2n) is 5.17. The number of nitrogens with zero attached hydrogens (tertiary/aromatic N) is 1. The van der Waals surface area contributed by atoms with Gasteiger partial charge in [-0.1, -0.05) is 55.8 Å². The maximum Gasteiger partial charge on any atom is 0.119 e. The maximum absolute atomic E-state index is 8.82. The van der Waals surface area contributed by atoms with Crippen molar-refractivity contribution in [1.29, 1.82) is 5.26 Å². The predicted octanol–water partition coefficient (Wildman–Crippen LogP) is 5.52. The Morgan fingerprint density at radius 3 is 2.13 bits per heavy atom. The first-order valence-corrected chi connectivity index (χ1v) is 7.88. The summed E-state index contributed by atoms with van der Waals surface area (Å²) >= 11 is 0. The number of hydrogen-bond acceptors (Lipinski definition) is 2. The summed E-state index contributed by atoms with van der Waals surface area (Å²) in [7, 11) is 0. The molecule has 2 aromatic carbocycles. The van der Waals surface area contributed by atoms with E-state index in [0.29, 0.717) is 12.2 Å². The highest BCUT2D eigenvalue weighted by Gasteiger charge is 1.99. The smallest absolute Gasteiger partial charge is 0.119 e. The van der Waals surface area contributed by atoms with Crippen molar-refractivity contribution in [3.05, 3.63) is 78.4 Å². The van der Waals surface area contributed by atoms with Gasteiger partial charge in [-0.15, -0.1) is 0 Å². The zero-order chi connectivity index (χ0) is 16.3. The Labute approximate surface area is 138 Å². The summed E-state index contributed by atoms with van der Waals surface area (Å²) in [6.07, 6.45) is 10.5. The molecule has 23 heavy (non-hydrogen) atoms. The molecule has 0 radical (unpaired) electrons. The van der Waals surface area contributed by atoms with Crippen LogP contribution < -0.4 is 4.74 Å². The van der Waals surface area contributed by atoms with Crippen LogP contribution >= 0.6 is 0 Å². The predicted molar refractivity (Wildman–Crippen MR) is 95.3 cm³/mol. The molecular formula is C21H21NO. The van der Waals surface area contributed by atoms with E-state index in [2.05, 4.69) is 25.1 Å². The Balaban J connectivity index is 1.88. The number of hydrogen-bond donors (Lipinski definition) is 0. The third kappa shape index (κ3) is 5.48. The van der Waals surface area contributed by atoms with Crippen LogP contribution in [0.15, 0.2) is 72.8 Å². The molecule has 0 spiro atoms. The maximum atomic E-state index is 8.82. The molecule has 2 aromatic rings. The zero-order valence-corrected chi connectivity index (χ0v) is 13.4. The molecule has 0 saturated heterocycles. The van der Waals surface area contributed by atoms with Crippen molar-refractivity contribution in [2.45, 2.75) is 19.8 Å². The van der Waals surface area contributed by atoms with Gasteiger partial charge in [0.15, 0.2) is 0 Å². The molecule has 2 rings (SSSR count). The van der Waals surface area contributed by atoms with Crippen molar-refractivity contribution in [2.75, 3.05) is 6.61 Å². The van der Waals surface area contributed by atoms with E-state index in [4.69, 9.17) is 10.00 Å². The average molecular weight is 303 g/mol. The Morgan fingerprint density at radius 2 is 1.52 bits per heavy atom. The molecule has 0 aliphatic rings. The molecule has 2 heteroatoms. The van der Waals surface area contributed by atoms with Crippen molar-refractivity contribution >= 4 is 0 Å². The van der Waals surface area contributed by atoms with Crippen molar-refractivity contribution < 1.29 is 4.74 Å². The largest absolute Gasteiger partial charge is 0.490 e. The van der Waals surface area contributed by atoms with Crippen molar-refractivity contribution in [1.82, 2.24) is 0 Å². The number of rotatable bonds is 7. The SMILES string of the molecule is CCC/C=C/C=C/COc1ccc(-c2ccc(C#N)cc2)cc1. The molecule has 0 aliphatic carbocycles. The van der Waals surface area contributed by atoms with Gasteiger partial charge in [-0.25, -0.2) is 0 Å². The summed E-state index contributed by atoms with van der Waals surface area (Å²) in [4.78, 5) is 0. The number of allylic oxidation sites excluding steroid dienone is 3. The van der Waals surface area contributed by atoms with E-state index in [1.54, 1.807) is 0 Å². The number of unbranched alkanes of at least 4 members (excludes halogenated alkanes) is 1. The minimum absolute atomic E-state index is 0.562. The first-order chi connectivity index (χ1) is 11.3. The van der Waals surface area contributed by atoms with Gasteiger partial charge in [0.25, 0.3) is 0 Å². The average Bonchev–Trinajstić information content (AvgIpc) is 2.61. The molecule has 116 valence electrons. The van der Waals surface area contributed by atoms with Gasteiger partial charge >= 0.3 is 0 Å². The fourth-order valence-corrected chi connectivity index (χ4v) is 2.10. The van der Waals surface area contributed by atoms with E-state index in [1.807, 2.05) is 60.7 Å². The molecule has 0 saturated carbocycles. The molecule has 0 atom stereocenters. The monoisotopic (exact) mass is 303 g/mol. The second-order valence-corrected chi connectivity index (χ2v) is 5.17. The van der Waals surface area contributed by atoms with Crippen LogP contribution in [0.4, 0.5) is 0 Å². The summed E-state index contributed by atoms with van der Waals surface area (Å²) in [5, 5.41) is 8.82. The van der Waals surface area contributed by atoms with E-state index < -0.39 is 0 Å². The molecular weight excluding hydrogens is 282 g/mol. The summed E-state index contributed by atoms with van der Waals surface area (Å²) in [6.45, 7) is 2.73. The zero-order valence-electron chi connectivity index (χ0n) is 13.4. The van der Waals surface area contributed by atoms with E-state index in [0.717, 1.165) is 23.3 Å². The van der Waals surface area contributed by atoms with Gasteiger partial charge in [-0.3, -0.25) is 0 Å². The third-order valence-corrected chi connectivity index (χ3v) is 3.39. The fourth-order valence-electron chi connectivity index (χ4n) is 2.10. The summed E-state index contributed by atoms with van der Waals surface area (Å²) < 4.78 is 5.68. The summed E-state index contributed by atoms with van der Waals surface area (Å²) in [5.41, 5.74) is 2.88. The van der Waals surface area contributed by atoms with Crippen molar-refractivity contribution in [3.8, 4) is 22.9 Å². The Bertz CT molecular complexity index is 688. The van der Waals surface area contributed by atoms with Gasteiger partial charge in [0.2, 0.25) is 0 Å². The highest BCUT2D eigenvalue weighted by molar-refractivity contribution is 5.64. The molecule has 0 aliphatic heterocycles. The van der Waals surface area contributed by atoms with Crippen molar-refractivity contribution in [3.63, 3.8) is 0 Å². The van der Waals surface area contributed by atoms with Gasteiger partial charge < -0.3 is 4.74 Å². The van der Waals surface area contributed by atoms with Gasteiger partial charge in [0, 0.05) is 0 Å². The van der Waals surface area contributed by atoms with Gasteiger partial charge in [0.1, 0.15) is 12.4 Å². The second kappa shape index (κ2) is 9.27. The summed E-state index contributed by atoms with van der Waals surface area (Å²) in [6, 6.07) is 17.7. The third-order valence-electron chi connectivity index (χ3n) is 3.39. The quantitative estimate of drug-likeness (QED) is 0.631.